The number of anilines is 1. The minimum absolute atomic E-state index is 0.0254. The molecular weight excluding hydrogens is 354 g/mol. The Labute approximate surface area is 166 Å². The van der Waals surface area contributed by atoms with Crippen LogP contribution >= 0.6 is 0 Å². The Morgan fingerprint density at radius 1 is 1.11 bits per heavy atom. The molecule has 2 saturated heterocycles. The van der Waals surface area contributed by atoms with Crippen LogP contribution in [0.25, 0.3) is 0 Å². The number of hydrogen-bond donors (Lipinski definition) is 0. The lowest BCUT2D eigenvalue weighted by molar-refractivity contribution is -0.126. The third-order valence-electron chi connectivity index (χ3n) is 5.76. The monoisotopic (exact) mass is 383 g/mol. The lowest BCUT2D eigenvalue weighted by atomic mass is 10.0. The van der Waals surface area contributed by atoms with Gasteiger partial charge in [-0.2, -0.15) is 4.98 Å². The van der Waals surface area contributed by atoms with Gasteiger partial charge in [0.15, 0.2) is 5.82 Å². The Bertz CT molecular complexity index is 770. The number of aromatic nitrogens is 2. The molecule has 150 valence electrons. The third kappa shape index (κ3) is 4.42. The van der Waals surface area contributed by atoms with Gasteiger partial charge < -0.3 is 14.3 Å². The van der Waals surface area contributed by atoms with E-state index in [2.05, 4.69) is 19.9 Å². The molecule has 0 bridgehead atoms. The van der Waals surface area contributed by atoms with E-state index in [0.717, 1.165) is 76.5 Å². The topological polar surface area (TPSA) is 65.7 Å². The largest absolute Gasteiger partial charge is 0.339 e. The highest BCUT2D eigenvalue weighted by Crippen LogP contribution is 2.24. The van der Waals surface area contributed by atoms with Crippen LogP contribution in [0.15, 0.2) is 34.9 Å². The van der Waals surface area contributed by atoms with Crippen molar-refractivity contribution < 1.29 is 9.32 Å². The second-order valence-corrected chi connectivity index (χ2v) is 7.70. The van der Waals surface area contributed by atoms with Gasteiger partial charge in [-0.25, -0.2) is 0 Å². The van der Waals surface area contributed by atoms with E-state index in [0.29, 0.717) is 5.82 Å². The van der Waals surface area contributed by atoms with Crippen LogP contribution in [-0.4, -0.2) is 71.2 Å². The molecule has 2 aliphatic heterocycles. The molecule has 7 heteroatoms. The van der Waals surface area contributed by atoms with Crippen LogP contribution in [-0.2, 0) is 11.2 Å². The maximum absolute atomic E-state index is 13.1. The second kappa shape index (κ2) is 8.84. The smallest absolute Gasteiger partial charge is 0.244 e. The predicted molar refractivity (Wildman–Crippen MR) is 107 cm³/mol. The number of carbonyl (C=O) groups is 1. The Morgan fingerprint density at radius 2 is 1.89 bits per heavy atom. The van der Waals surface area contributed by atoms with Crippen LogP contribution in [0.2, 0.25) is 0 Å². The molecule has 1 amide bonds. The van der Waals surface area contributed by atoms with Crippen molar-refractivity contribution in [3.05, 3.63) is 42.0 Å². The van der Waals surface area contributed by atoms with Crippen molar-refractivity contribution in [3.63, 3.8) is 0 Å². The van der Waals surface area contributed by atoms with E-state index in [4.69, 9.17) is 4.52 Å². The van der Waals surface area contributed by atoms with Gasteiger partial charge in [0, 0.05) is 44.8 Å². The summed E-state index contributed by atoms with van der Waals surface area (Å²) in [4.78, 5) is 24.2. The Hall–Kier alpha value is -2.25. The number of rotatable bonds is 6. The summed E-state index contributed by atoms with van der Waals surface area (Å²) in [5.74, 6) is 1.69. The molecule has 2 aliphatic rings. The fourth-order valence-electron chi connectivity index (χ4n) is 4.25. The number of piperazine rings is 1. The predicted octanol–water partition coefficient (Wildman–Crippen LogP) is 2.12. The third-order valence-corrected chi connectivity index (χ3v) is 5.76. The minimum Gasteiger partial charge on any atom is -0.339 e. The molecule has 1 aromatic carbocycles. The average molecular weight is 383 g/mol. The maximum Gasteiger partial charge on any atom is 0.244 e. The number of benzene rings is 1. The van der Waals surface area contributed by atoms with Gasteiger partial charge in [-0.15, -0.1) is 0 Å². The lowest BCUT2D eigenvalue weighted by Gasteiger charge is -2.42. The first kappa shape index (κ1) is 19.1. The van der Waals surface area contributed by atoms with E-state index in [1.807, 2.05) is 42.2 Å². The molecule has 2 aromatic rings. The van der Waals surface area contributed by atoms with Gasteiger partial charge >= 0.3 is 0 Å². The fraction of sp³-hybridized carbons (Fsp3) is 0.571. The van der Waals surface area contributed by atoms with Gasteiger partial charge in [0.25, 0.3) is 0 Å². The first-order valence-corrected chi connectivity index (χ1v) is 10.3. The zero-order valence-corrected chi connectivity index (χ0v) is 16.6. The highest BCUT2D eigenvalue weighted by molar-refractivity contribution is 5.97. The Balaban J connectivity index is 1.25. The molecule has 1 aromatic heterocycles. The van der Waals surface area contributed by atoms with Gasteiger partial charge in [0.05, 0.1) is 6.04 Å². The quantitative estimate of drug-likeness (QED) is 0.761. The zero-order valence-electron chi connectivity index (χ0n) is 16.6. The van der Waals surface area contributed by atoms with Crippen molar-refractivity contribution in [3.8, 4) is 0 Å². The van der Waals surface area contributed by atoms with Crippen molar-refractivity contribution in [1.82, 2.24) is 19.9 Å². The van der Waals surface area contributed by atoms with Gasteiger partial charge in [0.1, 0.15) is 0 Å². The van der Waals surface area contributed by atoms with Crippen LogP contribution in [0.1, 0.15) is 31.0 Å². The molecule has 3 heterocycles. The summed E-state index contributed by atoms with van der Waals surface area (Å²) in [5, 5.41) is 3.84. The number of nitrogens with zero attached hydrogens (tertiary/aromatic N) is 5. The number of hydrogen-bond acceptors (Lipinski definition) is 6. The summed E-state index contributed by atoms with van der Waals surface area (Å²) < 4.78 is 5.18. The van der Waals surface area contributed by atoms with Crippen LogP contribution in [0.5, 0.6) is 0 Å². The number of para-hydroxylation sites is 1. The number of carbonyl (C=O) groups excluding carboxylic acids is 1. The summed E-state index contributed by atoms with van der Waals surface area (Å²) in [7, 11) is 0. The highest BCUT2D eigenvalue weighted by Gasteiger charge is 2.35. The van der Waals surface area contributed by atoms with Gasteiger partial charge in [-0.05, 0) is 44.9 Å². The molecule has 1 atom stereocenters. The highest BCUT2D eigenvalue weighted by atomic mass is 16.5. The average Bonchev–Trinajstić information content (AvgIpc) is 3.14. The maximum atomic E-state index is 13.1. The molecule has 28 heavy (non-hydrogen) atoms. The molecule has 0 saturated carbocycles. The first-order valence-electron chi connectivity index (χ1n) is 10.3. The van der Waals surface area contributed by atoms with E-state index in [1.165, 1.54) is 0 Å². The van der Waals surface area contributed by atoms with Crippen molar-refractivity contribution in [2.75, 3.05) is 44.2 Å². The van der Waals surface area contributed by atoms with E-state index < -0.39 is 0 Å². The van der Waals surface area contributed by atoms with Crippen LogP contribution < -0.4 is 4.90 Å². The Kier molecular flexibility index (Phi) is 6.02. The van der Waals surface area contributed by atoms with Crippen molar-refractivity contribution >= 4 is 11.6 Å². The van der Waals surface area contributed by atoms with Gasteiger partial charge in [-0.1, -0.05) is 23.4 Å². The van der Waals surface area contributed by atoms with Crippen molar-refractivity contribution in [2.24, 2.45) is 0 Å². The van der Waals surface area contributed by atoms with E-state index in [9.17, 15) is 4.79 Å². The first-order chi connectivity index (χ1) is 13.7. The fourth-order valence-corrected chi connectivity index (χ4v) is 4.25. The molecule has 0 radical (unpaired) electrons. The molecule has 0 N–H and O–H groups in total. The molecule has 0 aliphatic carbocycles. The summed E-state index contributed by atoms with van der Waals surface area (Å²) >= 11 is 0. The molecule has 4 rings (SSSR count). The molecule has 0 spiro atoms. The molecular formula is C21H29N5O2. The zero-order chi connectivity index (χ0) is 19.3. The van der Waals surface area contributed by atoms with Crippen LogP contribution in [0.4, 0.5) is 5.69 Å². The van der Waals surface area contributed by atoms with E-state index in [-0.39, 0.29) is 11.9 Å². The van der Waals surface area contributed by atoms with E-state index in [1.54, 1.807) is 0 Å². The molecule has 2 fully saturated rings. The van der Waals surface area contributed by atoms with Gasteiger partial charge in [-0.3, -0.25) is 9.69 Å². The SMILES string of the molecule is Cc1noc(CCCN2CCN([C@@H]3CCCN(c4ccccc4)C3=O)CC2)n1. The Morgan fingerprint density at radius 3 is 2.61 bits per heavy atom. The standard InChI is InChI=1S/C21H29N5O2/c1-17-22-20(28-23-17)10-6-11-24-13-15-25(16-14-24)19-9-5-12-26(21(19)27)18-7-3-2-4-8-18/h2-4,7-8,19H,5-6,9-16H2,1H3/t19-/m1/s1. The second-order valence-electron chi connectivity index (χ2n) is 7.70. The van der Waals surface area contributed by atoms with Crippen molar-refractivity contribution in [1.29, 1.82) is 0 Å². The lowest BCUT2D eigenvalue weighted by Crippen LogP contribution is -2.57. The molecule has 0 unspecified atom stereocenters. The van der Waals surface area contributed by atoms with Gasteiger partial charge in [0.2, 0.25) is 11.8 Å². The number of aryl methyl sites for hydroxylation is 2. The molecule has 7 nitrogen and oxygen atoms in total. The number of amides is 1. The van der Waals surface area contributed by atoms with Crippen molar-refractivity contribution in [2.45, 2.75) is 38.6 Å². The summed E-state index contributed by atoms with van der Waals surface area (Å²) in [6.45, 7) is 7.64. The normalized spacial score (nSPS) is 22.0. The summed E-state index contributed by atoms with van der Waals surface area (Å²) in [6.07, 6.45) is 3.88. The van der Waals surface area contributed by atoms with Crippen LogP contribution in [0.3, 0.4) is 0 Å². The number of piperidine rings is 1. The summed E-state index contributed by atoms with van der Waals surface area (Å²) in [6, 6.07) is 10.1. The van der Waals surface area contributed by atoms with E-state index >= 15 is 0 Å². The minimum atomic E-state index is 0.0254. The van der Waals surface area contributed by atoms with Crippen LogP contribution in [0, 0.1) is 6.92 Å². The summed E-state index contributed by atoms with van der Waals surface area (Å²) in [5.41, 5.74) is 1.02.